The number of hydrogen-bond donors (Lipinski definition) is 1. The minimum atomic E-state index is -0.254. The Morgan fingerprint density at radius 1 is 1.15 bits per heavy atom. The third kappa shape index (κ3) is 7.04. The van der Waals surface area contributed by atoms with Crippen molar-refractivity contribution in [2.75, 3.05) is 31.1 Å². The van der Waals surface area contributed by atoms with Crippen molar-refractivity contribution in [3.63, 3.8) is 0 Å². The molecule has 0 atom stereocenters. The first-order chi connectivity index (χ1) is 13.1. The summed E-state index contributed by atoms with van der Waals surface area (Å²) in [7, 11) is 0. The maximum atomic E-state index is 12.0. The number of carbonyl (C=O) groups excluding carboxylic acids is 2. The predicted octanol–water partition coefficient (Wildman–Crippen LogP) is 3.17. The van der Waals surface area contributed by atoms with Crippen molar-refractivity contribution in [1.29, 1.82) is 0 Å². The van der Waals surface area contributed by atoms with Crippen LogP contribution in [0.15, 0.2) is 29.4 Å². The molecule has 0 aromatic heterocycles. The Morgan fingerprint density at radius 2 is 1.85 bits per heavy atom. The van der Waals surface area contributed by atoms with Crippen LogP contribution in [0.3, 0.4) is 0 Å². The van der Waals surface area contributed by atoms with Crippen molar-refractivity contribution < 1.29 is 9.59 Å². The zero-order valence-electron chi connectivity index (χ0n) is 16.6. The van der Waals surface area contributed by atoms with Gasteiger partial charge in [0.25, 0.3) is 5.91 Å². The molecule has 0 aliphatic carbocycles. The number of nitrogens with one attached hydrogen (secondary N) is 1. The predicted molar refractivity (Wildman–Crippen MR) is 110 cm³/mol. The molecule has 0 saturated carbocycles. The van der Waals surface area contributed by atoms with Crippen LogP contribution in [0.4, 0.5) is 5.69 Å². The summed E-state index contributed by atoms with van der Waals surface area (Å²) in [5.74, 6) is -0.193. The van der Waals surface area contributed by atoms with Crippen LogP contribution in [0.1, 0.15) is 57.9 Å². The Bertz CT molecular complexity index is 622. The topological polar surface area (TPSA) is 65.0 Å². The van der Waals surface area contributed by atoms with Gasteiger partial charge in [-0.05, 0) is 43.4 Å². The molecule has 6 heteroatoms. The quantitative estimate of drug-likeness (QED) is 0.535. The molecule has 1 aliphatic rings. The maximum Gasteiger partial charge on any atom is 0.259 e. The van der Waals surface area contributed by atoms with Crippen molar-refractivity contribution in [3.05, 3.63) is 29.8 Å². The molecule has 0 radical (unpaired) electrons. The molecule has 0 spiro atoms. The second-order valence-electron chi connectivity index (χ2n) is 7.00. The van der Waals surface area contributed by atoms with Gasteiger partial charge in [0.15, 0.2) is 0 Å². The van der Waals surface area contributed by atoms with Crippen molar-refractivity contribution >= 4 is 23.7 Å². The number of benzene rings is 1. The summed E-state index contributed by atoms with van der Waals surface area (Å²) in [4.78, 5) is 28.0. The molecule has 1 saturated heterocycles. The zero-order valence-corrected chi connectivity index (χ0v) is 16.6. The fourth-order valence-electron chi connectivity index (χ4n) is 3.27. The van der Waals surface area contributed by atoms with E-state index in [4.69, 9.17) is 0 Å². The molecule has 27 heavy (non-hydrogen) atoms. The highest BCUT2D eigenvalue weighted by Crippen LogP contribution is 2.15. The van der Waals surface area contributed by atoms with E-state index < -0.39 is 0 Å². The molecule has 148 valence electrons. The number of likely N-dealkylation sites (tertiary alicyclic amines) is 1. The van der Waals surface area contributed by atoms with E-state index in [1.807, 2.05) is 12.1 Å². The molecule has 1 N–H and O–H groups in total. The summed E-state index contributed by atoms with van der Waals surface area (Å²) < 4.78 is 0. The molecular formula is C21H32N4O2. The first kappa shape index (κ1) is 20.9. The first-order valence-corrected chi connectivity index (χ1v) is 10.1. The van der Waals surface area contributed by atoms with Crippen LogP contribution in [0, 0.1) is 0 Å². The third-order valence-corrected chi connectivity index (χ3v) is 4.65. The fourth-order valence-corrected chi connectivity index (χ4v) is 3.27. The van der Waals surface area contributed by atoms with E-state index in [0.717, 1.165) is 50.8 Å². The molecule has 2 amide bonds. The molecular weight excluding hydrogens is 340 g/mol. The van der Waals surface area contributed by atoms with Gasteiger partial charge in [-0.15, -0.1) is 0 Å². The molecule has 0 unspecified atom stereocenters. The Hall–Kier alpha value is -2.37. The van der Waals surface area contributed by atoms with Crippen molar-refractivity contribution in [2.45, 2.75) is 52.4 Å². The van der Waals surface area contributed by atoms with Gasteiger partial charge in [0, 0.05) is 31.7 Å². The Labute approximate surface area is 162 Å². The lowest BCUT2D eigenvalue weighted by atomic mass is 10.2. The van der Waals surface area contributed by atoms with Gasteiger partial charge >= 0.3 is 0 Å². The number of rotatable bonds is 9. The van der Waals surface area contributed by atoms with Crippen LogP contribution in [0.5, 0.6) is 0 Å². The lowest BCUT2D eigenvalue weighted by Crippen LogP contribution is -2.39. The van der Waals surface area contributed by atoms with Gasteiger partial charge in [-0.1, -0.05) is 32.4 Å². The van der Waals surface area contributed by atoms with E-state index in [1.54, 1.807) is 11.1 Å². The average molecular weight is 373 g/mol. The van der Waals surface area contributed by atoms with E-state index in [2.05, 4.69) is 41.4 Å². The monoisotopic (exact) mass is 372 g/mol. The average Bonchev–Trinajstić information content (AvgIpc) is 2.87. The molecule has 1 aromatic carbocycles. The minimum Gasteiger partial charge on any atom is -0.372 e. The standard InChI is InChI=1S/C21H32N4O2/c1-3-13-24(14-4-2)19-11-9-18(10-12-19)16-22-23-20(26)17-25-15-7-5-6-8-21(25)27/h9-12,16H,3-8,13-15,17H2,1-2H3,(H,23,26)/b22-16-. The summed E-state index contributed by atoms with van der Waals surface area (Å²) >= 11 is 0. The lowest BCUT2D eigenvalue weighted by Gasteiger charge is -2.23. The summed E-state index contributed by atoms with van der Waals surface area (Å²) in [5, 5.41) is 4.03. The molecule has 6 nitrogen and oxygen atoms in total. The highest BCUT2D eigenvalue weighted by molar-refractivity contribution is 5.86. The number of hydrogen-bond acceptors (Lipinski definition) is 4. The number of hydrazone groups is 1. The van der Waals surface area contributed by atoms with Gasteiger partial charge in [0.05, 0.1) is 6.21 Å². The Kier molecular flexibility index (Phi) is 8.81. The van der Waals surface area contributed by atoms with Crippen LogP contribution in [-0.4, -0.2) is 49.1 Å². The summed E-state index contributed by atoms with van der Waals surface area (Å²) in [6.07, 6.45) is 7.34. The summed E-state index contributed by atoms with van der Waals surface area (Å²) in [6, 6.07) is 8.18. The van der Waals surface area contributed by atoms with Gasteiger partial charge in [0.1, 0.15) is 6.54 Å². The van der Waals surface area contributed by atoms with E-state index in [0.29, 0.717) is 13.0 Å². The SMILES string of the molecule is CCCN(CCC)c1ccc(/C=N\NC(=O)CN2CCCCCC2=O)cc1. The van der Waals surface area contributed by atoms with Gasteiger partial charge in [0.2, 0.25) is 5.91 Å². The number of anilines is 1. The van der Waals surface area contributed by atoms with Gasteiger partial charge < -0.3 is 9.80 Å². The molecule has 1 heterocycles. The van der Waals surface area contributed by atoms with Crippen LogP contribution >= 0.6 is 0 Å². The van der Waals surface area contributed by atoms with E-state index in [9.17, 15) is 9.59 Å². The van der Waals surface area contributed by atoms with E-state index in [1.165, 1.54) is 5.69 Å². The van der Waals surface area contributed by atoms with Crippen LogP contribution in [0.25, 0.3) is 0 Å². The lowest BCUT2D eigenvalue weighted by molar-refractivity contribution is -0.135. The number of carbonyl (C=O) groups is 2. The highest BCUT2D eigenvalue weighted by atomic mass is 16.2. The van der Waals surface area contributed by atoms with E-state index in [-0.39, 0.29) is 18.4 Å². The molecule has 2 rings (SSSR count). The molecule has 1 aromatic rings. The zero-order chi connectivity index (χ0) is 19.5. The number of amides is 2. The molecule has 1 fully saturated rings. The van der Waals surface area contributed by atoms with Crippen LogP contribution in [-0.2, 0) is 9.59 Å². The van der Waals surface area contributed by atoms with E-state index >= 15 is 0 Å². The molecule has 0 bridgehead atoms. The first-order valence-electron chi connectivity index (χ1n) is 10.1. The van der Waals surface area contributed by atoms with Gasteiger partial charge in [-0.3, -0.25) is 9.59 Å². The second-order valence-corrected chi connectivity index (χ2v) is 7.00. The smallest absolute Gasteiger partial charge is 0.259 e. The van der Waals surface area contributed by atoms with Gasteiger partial charge in [-0.25, -0.2) is 5.43 Å². The van der Waals surface area contributed by atoms with Crippen molar-refractivity contribution in [3.8, 4) is 0 Å². The van der Waals surface area contributed by atoms with Crippen LogP contribution < -0.4 is 10.3 Å². The normalized spacial score (nSPS) is 15.0. The van der Waals surface area contributed by atoms with Crippen LogP contribution in [0.2, 0.25) is 0 Å². The number of nitrogens with zero attached hydrogens (tertiary/aromatic N) is 3. The second kappa shape index (κ2) is 11.4. The third-order valence-electron chi connectivity index (χ3n) is 4.65. The molecule has 1 aliphatic heterocycles. The largest absolute Gasteiger partial charge is 0.372 e. The summed E-state index contributed by atoms with van der Waals surface area (Å²) in [6.45, 7) is 7.21. The Balaban J connectivity index is 1.84. The minimum absolute atomic E-state index is 0.0610. The van der Waals surface area contributed by atoms with Crippen molar-refractivity contribution in [2.24, 2.45) is 5.10 Å². The fraction of sp³-hybridized carbons (Fsp3) is 0.571. The highest BCUT2D eigenvalue weighted by Gasteiger charge is 2.18. The summed E-state index contributed by atoms with van der Waals surface area (Å²) in [5.41, 5.74) is 4.66. The maximum absolute atomic E-state index is 12.0. The van der Waals surface area contributed by atoms with Crippen molar-refractivity contribution in [1.82, 2.24) is 10.3 Å². The van der Waals surface area contributed by atoms with Gasteiger partial charge in [-0.2, -0.15) is 5.10 Å². The Morgan fingerprint density at radius 3 is 2.52 bits per heavy atom.